The summed E-state index contributed by atoms with van der Waals surface area (Å²) in [7, 11) is 1.48. The van der Waals surface area contributed by atoms with Gasteiger partial charge in [0.1, 0.15) is 5.69 Å². The van der Waals surface area contributed by atoms with E-state index in [0.717, 1.165) is 5.56 Å². The molecule has 0 unspecified atom stereocenters. The van der Waals surface area contributed by atoms with E-state index in [1.54, 1.807) is 18.2 Å². The molecule has 1 aromatic carbocycles. The van der Waals surface area contributed by atoms with E-state index >= 15 is 0 Å². The number of aromatic nitrogens is 2. The van der Waals surface area contributed by atoms with Crippen LogP contribution in [0.3, 0.4) is 0 Å². The summed E-state index contributed by atoms with van der Waals surface area (Å²) in [5, 5.41) is 26.4. The molecule has 1 amide bonds. The molecular formula is C16H18N4O5S. The summed E-state index contributed by atoms with van der Waals surface area (Å²) >= 11 is 1.47. The van der Waals surface area contributed by atoms with E-state index in [0.29, 0.717) is 17.2 Å². The Kier molecular flexibility index (Phi) is 6.34. The van der Waals surface area contributed by atoms with Gasteiger partial charge in [-0.15, -0.1) is 0 Å². The number of hydrogen-bond acceptors (Lipinski definition) is 6. The van der Waals surface area contributed by atoms with Crippen molar-refractivity contribution in [2.75, 3.05) is 11.1 Å². The van der Waals surface area contributed by atoms with E-state index in [2.05, 4.69) is 10.4 Å². The molecule has 1 heterocycles. The average molecular weight is 378 g/mol. The fourth-order valence-corrected chi connectivity index (χ4v) is 3.28. The summed E-state index contributed by atoms with van der Waals surface area (Å²) < 4.78 is 1.19. The maximum absolute atomic E-state index is 12.5. The Morgan fingerprint density at radius 1 is 1.42 bits per heavy atom. The van der Waals surface area contributed by atoms with Crippen molar-refractivity contribution in [2.24, 2.45) is 7.05 Å². The molecule has 0 spiro atoms. The number of aryl methyl sites for hydroxylation is 2. The Morgan fingerprint density at radius 3 is 2.81 bits per heavy atom. The fraction of sp³-hybridized carbons (Fsp3) is 0.312. The van der Waals surface area contributed by atoms with Gasteiger partial charge in [0.05, 0.1) is 11.3 Å². The lowest BCUT2D eigenvalue weighted by Crippen LogP contribution is -2.17. The number of nitrogens with one attached hydrogen (secondary N) is 1. The number of benzene rings is 1. The van der Waals surface area contributed by atoms with E-state index in [4.69, 9.17) is 5.11 Å². The summed E-state index contributed by atoms with van der Waals surface area (Å²) in [6, 6.07) is 7.05. The van der Waals surface area contributed by atoms with Crippen molar-refractivity contribution in [3.63, 3.8) is 0 Å². The van der Waals surface area contributed by atoms with Crippen molar-refractivity contribution in [3.8, 4) is 0 Å². The molecule has 2 rings (SSSR count). The van der Waals surface area contributed by atoms with E-state index in [1.165, 1.54) is 30.4 Å². The van der Waals surface area contributed by atoms with E-state index in [9.17, 15) is 19.7 Å². The van der Waals surface area contributed by atoms with Crippen molar-refractivity contribution in [1.82, 2.24) is 9.78 Å². The predicted molar refractivity (Wildman–Crippen MR) is 97.4 cm³/mol. The summed E-state index contributed by atoms with van der Waals surface area (Å²) in [5.74, 6) is -0.365. The first-order valence-electron chi connectivity index (χ1n) is 7.67. The zero-order valence-corrected chi connectivity index (χ0v) is 15.1. The number of rotatable bonds is 8. The van der Waals surface area contributed by atoms with Gasteiger partial charge in [-0.25, -0.2) is 0 Å². The Labute approximate surface area is 153 Å². The molecule has 0 aliphatic rings. The number of aliphatic carboxylic acids is 1. The van der Waals surface area contributed by atoms with Gasteiger partial charge in [0, 0.05) is 24.2 Å². The molecule has 0 radical (unpaired) electrons. The van der Waals surface area contributed by atoms with Crippen molar-refractivity contribution < 1.29 is 19.6 Å². The van der Waals surface area contributed by atoms with Gasteiger partial charge in [0.25, 0.3) is 5.91 Å². The lowest BCUT2D eigenvalue weighted by Gasteiger charge is -2.07. The van der Waals surface area contributed by atoms with Gasteiger partial charge in [-0.05, 0) is 24.6 Å². The van der Waals surface area contributed by atoms with Gasteiger partial charge in [0.2, 0.25) is 5.69 Å². The molecule has 138 valence electrons. The molecular weight excluding hydrogens is 360 g/mol. The van der Waals surface area contributed by atoms with Gasteiger partial charge in [-0.1, -0.05) is 12.1 Å². The number of carboxylic acids is 1. The lowest BCUT2D eigenvalue weighted by molar-refractivity contribution is -0.385. The first-order valence-corrected chi connectivity index (χ1v) is 8.83. The molecule has 0 atom stereocenters. The van der Waals surface area contributed by atoms with Crippen LogP contribution in [0.1, 0.15) is 28.2 Å². The van der Waals surface area contributed by atoms with Crippen LogP contribution in [-0.4, -0.2) is 37.4 Å². The van der Waals surface area contributed by atoms with Crippen LogP contribution in [0.5, 0.6) is 0 Å². The molecule has 0 aliphatic heterocycles. The number of carbonyl (C=O) groups is 2. The second-order valence-electron chi connectivity index (χ2n) is 5.51. The minimum Gasteiger partial charge on any atom is -0.481 e. The third-order valence-electron chi connectivity index (χ3n) is 3.50. The minimum absolute atomic E-state index is 0.0879. The predicted octanol–water partition coefficient (Wildman–Crippen LogP) is 2.60. The smallest absolute Gasteiger partial charge is 0.322 e. The number of carbonyl (C=O) groups excluding carboxylic acids is 1. The molecule has 2 aromatic rings. The number of amides is 1. The molecule has 2 N–H and O–H groups in total. The van der Waals surface area contributed by atoms with Gasteiger partial charge in [-0.2, -0.15) is 16.9 Å². The van der Waals surface area contributed by atoms with Crippen LogP contribution in [-0.2, 0) is 17.6 Å². The summed E-state index contributed by atoms with van der Waals surface area (Å²) in [5.41, 5.74) is 1.15. The maximum atomic E-state index is 12.5. The van der Waals surface area contributed by atoms with E-state index in [-0.39, 0.29) is 23.5 Å². The maximum Gasteiger partial charge on any atom is 0.322 e. The highest BCUT2D eigenvalue weighted by Crippen LogP contribution is 2.24. The number of hydrogen-bond donors (Lipinski definition) is 2. The zero-order valence-electron chi connectivity index (χ0n) is 14.3. The van der Waals surface area contributed by atoms with Crippen LogP contribution in [0.4, 0.5) is 11.4 Å². The Morgan fingerprint density at radius 2 is 2.15 bits per heavy atom. The third-order valence-corrected chi connectivity index (χ3v) is 4.53. The quantitative estimate of drug-likeness (QED) is 0.410. The van der Waals surface area contributed by atoms with Gasteiger partial charge >= 0.3 is 11.7 Å². The Bertz CT molecular complexity index is 849. The second kappa shape index (κ2) is 8.48. The van der Waals surface area contributed by atoms with Crippen LogP contribution < -0.4 is 5.32 Å². The van der Waals surface area contributed by atoms with Gasteiger partial charge in [-0.3, -0.25) is 24.4 Å². The SMILES string of the molecule is Cc1nn(C)c(C(=O)Nc2cccc(CSCCC(=O)O)c2)c1[N+](=O)[O-]. The molecule has 1 aromatic heterocycles. The van der Waals surface area contributed by atoms with Crippen LogP contribution >= 0.6 is 11.8 Å². The zero-order chi connectivity index (χ0) is 19.3. The van der Waals surface area contributed by atoms with Gasteiger partial charge in [0.15, 0.2) is 0 Å². The van der Waals surface area contributed by atoms with Crippen molar-refractivity contribution in [2.45, 2.75) is 19.1 Å². The molecule has 0 saturated heterocycles. The second-order valence-corrected chi connectivity index (χ2v) is 6.62. The first kappa shape index (κ1) is 19.4. The monoisotopic (exact) mass is 378 g/mol. The highest BCUT2D eigenvalue weighted by Gasteiger charge is 2.29. The molecule has 0 bridgehead atoms. The number of nitrogens with zero attached hydrogens (tertiary/aromatic N) is 3. The van der Waals surface area contributed by atoms with Crippen molar-refractivity contribution in [1.29, 1.82) is 0 Å². The third kappa shape index (κ3) is 4.82. The van der Waals surface area contributed by atoms with Crippen molar-refractivity contribution in [3.05, 3.63) is 51.3 Å². The molecule has 0 fully saturated rings. The average Bonchev–Trinajstić information content (AvgIpc) is 2.86. The summed E-state index contributed by atoms with van der Waals surface area (Å²) in [4.78, 5) is 33.6. The largest absolute Gasteiger partial charge is 0.481 e. The number of thioether (sulfide) groups is 1. The molecule has 26 heavy (non-hydrogen) atoms. The normalized spacial score (nSPS) is 10.5. The van der Waals surface area contributed by atoms with E-state index in [1.807, 2.05) is 6.07 Å². The standard InChI is InChI=1S/C16H18N4O5S/c1-10-14(20(24)25)15(19(2)18-10)16(23)17-12-5-3-4-11(8-12)9-26-7-6-13(21)22/h3-5,8H,6-7,9H2,1-2H3,(H,17,23)(H,21,22). The lowest BCUT2D eigenvalue weighted by atomic mass is 10.2. The molecule has 0 aliphatic carbocycles. The van der Waals surface area contributed by atoms with Crippen LogP contribution in [0.2, 0.25) is 0 Å². The molecule has 0 saturated carbocycles. The Hall–Kier alpha value is -2.88. The van der Waals surface area contributed by atoms with Gasteiger partial charge < -0.3 is 10.4 Å². The molecule has 9 nitrogen and oxygen atoms in total. The number of anilines is 1. The van der Waals surface area contributed by atoms with Crippen LogP contribution in [0, 0.1) is 17.0 Å². The fourth-order valence-electron chi connectivity index (χ4n) is 2.40. The summed E-state index contributed by atoms with van der Waals surface area (Å²) in [6.45, 7) is 1.48. The van der Waals surface area contributed by atoms with Crippen LogP contribution in [0.25, 0.3) is 0 Å². The van der Waals surface area contributed by atoms with E-state index < -0.39 is 16.8 Å². The Balaban J connectivity index is 2.09. The highest BCUT2D eigenvalue weighted by atomic mass is 32.2. The number of carboxylic acid groups (broad SMARTS) is 1. The first-order chi connectivity index (χ1) is 12.3. The van der Waals surface area contributed by atoms with Crippen LogP contribution in [0.15, 0.2) is 24.3 Å². The molecule has 10 heteroatoms. The summed E-state index contributed by atoms with van der Waals surface area (Å²) in [6.07, 6.45) is 0.0879. The minimum atomic E-state index is -0.841. The topological polar surface area (TPSA) is 127 Å². The number of nitro groups is 1. The highest BCUT2D eigenvalue weighted by molar-refractivity contribution is 7.98. The van der Waals surface area contributed by atoms with Crippen molar-refractivity contribution >= 4 is 35.0 Å².